The number of nitrogens with one attached hydrogen (secondary N) is 1. The summed E-state index contributed by atoms with van der Waals surface area (Å²) in [6.45, 7) is 0.117. The molecule has 0 fully saturated rings. The second-order valence-corrected chi connectivity index (χ2v) is 10.0. The van der Waals surface area contributed by atoms with Crippen molar-refractivity contribution in [3.63, 3.8) is 0 Å². The van der Waals surface area contributed by atoms with Gasteiger partial charge in [-0.2, -0.15) is 0 Å². The Morgan fingerprint density at radius 1 is 1.17 bits per heavy atom. The van der Waals surface area contributed by atoms with Crippen LogP contribution in [0.3, 0.4) is 0 Å². The first-order valence-corrected chi connectivity index (χ1v) is 12.3. The molecule has 0 aromatic heterocycles. The molecule has 0 radical (unpaired) electrons. The number of sulfonamides is 1. The van der Waals surface area contributed by atoms with Crippen molar-refractivity contribution in [2.24, 2.45) is 0 Å². The van der Waals surface area contributed by atoms with Crippen molar-refractivity contribution >= 4 is 56.6 Å². The molecular formula is C19H22Cl2N2O4S2. The normalized spacial score (nSPS) is 11.2. The van der Waals surface area contributed by atoms with Gasteiger partial charge >= 0.3 is 0 Å². The number of hydrogen-bond acceptors (Lipinski definition) is 5. The first kappa shape index (κ1) is 23.7. The van der Waals surface area contributed by atoms with Crippen molar-refractivity contribution in [3.05, 3.63) is 52.5 Å². The number of thioether (sulfide) groups is 1. The largest absolute Gasteiger partial charge is 0.495 e. The van der Waals surface area contributed by atoms with Crippen LogP contribution in [0.4, 0.5) is 5.69 Å². The molecule has 10 heteroatoms. The Labute approximate surface area is 185 Å². The third-order valence-corrected chi connectivity index (χ3v) is 6.62. The van der Waals surface area contributed by atoms with Crippen molar-refractivity contribution in [2.75, 3.05) is 36.5 Å². The van der Waals surface area contributed by atoms with Gasteiger partial charge in [0.05, 0.1) is 24.1 Å². The van der Waals surface area contributed by atoms with Crippen LogP contribution in [0, 0.1) is 0 Å². The average Bonchev–Trinajstić information content (AvgIpc) is 2.66. The van der Waals surface area contributed by atoms with E-state index in [2.05, 4.69) is 5.32 Å². The number of halogens is 2. The molecule has 0 aliphatic heterocycles. The lowest BCUT2D eigenvalue weighted by atomic mass is 10.3. The minimum atomic E-state index is -3.67. The Balaban J connectivity index is 1.87. The van der Waals surface area contributed by atoms with Gasteiger partial charge in [0.1, 0.15) is 12.3 Å². The topological polar surface area (TPSA) is 75.7 Å². The summed E-state index contributed by atoms with van der Waals surface area (Å²) in [6.07, 6.45) is 1.79. The lowest BCUT2D eigenvalue weighted by molar-refractivity contribution is -0.119. The summed E-state index contributed by atoms with van der Waals surface area (Å²) in [6, 6.07) is 12.1. The van der Waals surface area contributed by atoms with Crippen molar-refractivity contribution in [1.82, 2.24) is 5.32 Å². The number of methoxy groups -OCH3 is 1. The Morgan fingerprint density at radius 3 is 2.45 bits per heavy atom. The van der Waals surface area contributed by atoms with Crippen LogP contribution in [-0.4, -0.2) is 46.5 Å². The van der Waals surface area contributed by atoms with Gasteiger partial charge in [0.15, 0.2) is 0 Å². The molecule has 0 aliphatic carbocycles. The Hall–Kier alpha value is -1.61. The van der Waals surface area contributed by atoms with E-state index in [1.807, 2.05) is 24.3 Å². The molecule has 2 aromatic carbocycles. The van der Waals surface area contributed by atoms with Crippen LogP contribution in [0.5, 0.6) is 5.75 Å². The Bertz CT molecular complexity index is 938. The maximum absolute atomic E-state index is 12.3. The van der Waals surface area contributed by atoms with Crippen LogP contribution in [-0.2, 0) is 14.8 Å². The van der Waals surface area contributed by atoms with Crippen molar-refractivity contribution in [3.8, 4) is 5.75 Å². The first-order valence-electron chi connectivity index (χ1n) is 8.67. The number of nitrogens with zero attached hydrogens (tertiary/aromatic N) is 1. The Morgan fingerprint density at radius 2 is 1.86 bits per heavy atom. The molecule has 0 saturated carbocycles. The number of benzene rings is 2. The van der Waals surface area contributed by atoms with E-state index in [9.17, 15) is 13.2 Å². The van der Waals surface area contributed by atoms with E-state index in [-0.39, 0.29) is 17.5 Å². The van der Waals surface area contributed by atoms with Gasteiger partial charge in [-0.1, -0.05) is 23.2 Å². The molecule has 6 nitrogen and oxygen atoms in total. The van der Waals surface area contributed by atoms with Gasteiger partial charge < -0.3 is 10.1 Å². The molecule has 1 amide bonds. The first-order chi connectivity index (χ1) is 13.7. The van der Waals surface area contributed by atoms with E-state index in [4.69, 9.17) is 27.9 Å². The number of ether oxygens (including phenoxy) is 1. The zero-order chi connectivity index (χ0) is 21.4. The summed E-state index contributed by atoms with van der Waals surface area (Å²) >= 11 is 13.6. The van der Waals surface area contributed by atoms with Crippen molar-refractivity contribution in [1.29, 1.82) is 0 Å². The smallest absolute Gasteiger partial charge is 0.240 e. The quantitative estimate of drug-likeness (QED) is 0.413. The lowest BCUT2D eigenvalue weighted by Gasteiger charge is -2.22. The molecule has 0 aliphatic rings. The maximum atomic E-state index is 12.3. The van der Waals surface area contributed by atoms with Crippen LogP contribution in [0.2, 0.25) is 10.0 Å². The SMILES string of the molecule is COc1ccc(N(CC(=O)NCCCSc2ccc(Cl)cc2)S(C)(=O)=O)cc1Cl. The third kappa shape index (κ3) is 7.62. The standard InChI is InChI=1S/C19H22Cl2N2O4S2/c1-27-18-9-6-15(12-17(18)21)23(29(2,25)26)13-19(24)22-10-3-11-28-16-7-4-14(20)5-8-16/h4-9,12H,3,10-11,13H2,1-2H3,(H,22,24). The number of rotatable bonds is 10. The van der Waals surface area contributed by atoms with E-state index in [1.165, 1.54) is 13.2 Å². The number of carbonyl (C=O) groups excluding carboxylic acids is 1. The molecular weight excluding hydrogens is 455 g/mol. The third-order valence-electron chi connectivity index (χ3n) is 3.84. The van der Waals surface area contributed by atoms with Crippen LogP contribution < -0.4 is 14.4 Å². The average molecular weight is 477 g/mol. The van der Waals surface area contributed by atoms with Crippen LogP contribution in [0.15, 0.2) is 47.4 Å². The van der Waals surface area contributed by atoms with Crippen molar-refractivity contribution in [2.45, 2.75) is 11.3 Å². The highest BCUT2D eigenvalue weighted by atomic mass is 35.5. The van der Waals surface area contributed by atoms with Gasteiger partial charge in [0.2, 0.25) is 15.9 Å². The van der Waals surface area contributed by atoms with Crippen LogP contribution in [0.25, 0.3) is 0 Å². The zero-order valence-electron chi connectivity index (χ0n) is 16.0. The molecule has 0 unspecified atom stereocenters. The Kier molecular flexibility index (Phi) is 8.95. The molecule has 1 N–H and O–H groups in total. The van der Waals surface area contributed by atoms with Gasteiger partial charge in [-0.3, -0.25) is 9.10 Å². The summed E-state index contributed by atoms with van der Waals surface area (Å²) in [7, 11) is -2.20. The summed E-state index contributed by atoms with van der Waals surface area (Å²) in [5.41, 5.74) is 0.298. The van der Waals surface area contributed by atoms with Crippen LogP contribution in [0.1, 0.15) is 6.42 Å². The minimum absolute atomic E-state index is 0.262. The lowest BCUT2D eigenvalue weighted by Crippen LogP contribution is -2.40. The van der Waals surface area contributed by atoms with Gasteiger partial charge in [-0.05, 0) is 54.6 Å². The zero-order valence-corrected chi connectivity index (χ0v) is 19.2. The number of anilines is 1. The van der Waals surface area contributed by atoms with Gasteiger partial charge in [-0.25, -0.2) is 8.42 Å². The summed E-state index contributed by atoms with van der Waals surface area (Å²) in [5, 5.41) is 3.70. The van der Waals surface area contributed by atoms with Gasteiger partial charge in [0, 0.05) is 16.5 Å². The molecule has 0 atom stereocenters. The molecule has 0 bridgehead atoms. The van der Waals surface area contributed by atoms with Crippen LogP contribution >= 0.6 is 35.0 Å². The summed E-state index contributed by atoms with van der Waals surface area (Å²) < 4.78 is 30.4. The maximum Gasteiger partial charge on any atom is 0.240 e. The molecule has 0 saturated heterocycles. The fourth-order valence-corrected chi connectivity index (χ4v) is 4.50. The van der Waals surface area contributed by atoms with E-state index < -0.39 is 10.0 Å². The van der Waals surface area contributed by atoms with Gasteiger partial charge in [0.25, 0.3) is 0 Å². The van der Waals surface area contributed by atoms with Gasteiger partial charge in [-0.15, -0.1) is 11.8 Å². The summed E-state index contributed by atoms with van der Waals surface area (Å²) in [4.78, 5) is 13.4. The number of amides is 1. The fraction of sp³-hybridized carbons (Fsp3) is 0.316. The van der Waals surface area contributed by atoms with E-state index in [1.54, 1.807) is 23.9 Å². The second kappa shape index (κ2) is 11.0. The molecule has 0 heterocycles. The molecule has 158 valence electrons. The monoisotopic (exact) mass is 476 g/mol. The fourth-order valence-electron chi connectivity index (χ4n) is 2.42. The molecule has 29 heavy (non-hydrogen) atoms. The highest BCUT2D eigenvalue weighted by molar-refractivity contribution is 7.99. The predicted octanol–water partition coefficient (Wildman–Crippen LogP) is 4.07. The predicted molar refractivity (Wildman–Crippen MR) is 120 cm³/mol. The number of hydrogen-bond donors (Lipinski definition) is 1. The van der Waals surface area contributed by atoms with E-state index in [0.717, 1.165) is 27.6 Å². The molecule has 0 spiro atoms. The van der Waals surface area contributed by atoms with Crippen molar-refractivity contribution < 1.29 is 17.9 Å². The highest BCUT2D eigenvalue weighted by Gasteiger charge is 2.21. The molecule has 2 aromatic rings. The van der Waals surface area contributed by atoms with E-state index >= 15 is 0 Å². The molecule has 2 rings (SSSR count). The van der Waals surface area contributed by atoms with E-state index in [0.29, 0.717) is 23.0 Å². The second-order valence-electron chi connectivity index (χ2n) is 6.09. The highest BCUT2D eigenvalue weighted by Crippen LogP contribution is 2.30. The summed E-state index contributed by atoms with van der Waals surface area (Å²) in [5.74, 6) is 0.844. The number of carbonyl (C=O) groups is 1. The minimum Gasteiger partial charge on any atom is -0.495 e.